The van der Waals surface area contributed by atoms with Crippen molar-refractivity contribution in [1.82, 2.24) is 19.9 Å². The zero-order chi connectivity index (χ0) is 29.7. The van der Waals surface area contributed by atoms with Gasteiger partial charge in [-0.2, -0.15) is 0 Å². The molecule has 0 N–H and O–H groups in total. The number of fused-ring (bicyclic) bond motifs is 8. The zero-order valence-electron chi connectivity index (χ0n) is 24.1. The van der Waals surface area contributed by atoms with Gasteiger partial charge in [-0.05, 0) is 33.7 Å². The molecule has 45 heavy (non-hydrogen) atoms. The van der Waals surface area contributed by atoms with E-state index in [1.54, 1.807) is 0 Å². The fraction of sp³-hybridized carbons (Fsp3) is 0. The van der Waals surface area contributed by atoms with E-state index in [2.05, 4.69) is 54.6 Å². The number of oxazole rings is 1. The molecule has 0 amide bonds. The van der Waals surface area contributed by atoms with Crippen LogP contribution in [0.5, 0.6) is 0 Å². The minimum atomic E-state index is 0.605. The summed E-state index contributed by atoms with van der Waals surface area (Å²) in [6, 6.07) is 49.3. The van der Waals surface area contributed by atoms with Gasteiger partial charge >= 0.3 is 0 Å². The van der Waals surface area contributed by atoms with Crippen LogP contribution in [0.4, 0.5) is 0 Å². The van der Waals surface area contributed by atoms with E-state index in [9.17, 15) is 0 Å². The van der Waals surface area contributed by atoms with Crippen molar-refractivity contribution < 1.29 is 4.42 Å². The molecule has 9 aromatic rings. The molecular formula is C40H24N4O. The highest BCUT2D eigenvalue weighted by Crippen LogP contribution is 2.42. The van der Waals surface area contributed by atoms with Crippen molar-refractivity contribution >= 4 is 43.4 Å². The lowest BCUT2D eigenvalue weighted by Crippen LogP contribution is -2.00. The minimum absolute atomic E-state index is 0.605. The SMILES string of the molecule is c1ccc(-c2nc(-c3ccccc3)nc(-c3cccc4c3ccc3c5ccccc5c5nc(-c6ccccc6)oc5c43)n2)cc1. The standard InChI is InChI=1S/C40H24N4O/c1-4-13-25(14-5-1)37-42-38(26-15-6-2-7-16-26)44-39(43-37)33-22-12-21-30-29(33)23-24-31-28-19-10-11-20-32(28)35-36(34(30)31)45-40(41-35)27-17-8-3-9-18-27/h1-24H. The van der Waals surface area contributed by atoms with E-state index in [1.807, 2.05) is 91.0 Å². The Bertz CT molecular complexity index is 2470. The smallest absolute Gasteiger partial charge is 0.227 e. The molecular weight excluding hydrogens is 552 g/mol. The van der Waals surface area contributed by atoms with Crippen molar-refractivity contribution in [3.05, 3.63) is 146 Å². The van der Waals surface area contributed by atoms with Gasteiger partial charge in [0, 0.05) is 33.0 Å². The fourth-order valence-electron chi connectivity index (χ4n) is 6.25. The van der Waals surface area contributed by atoms with Crippen LogP contribution in [0.1, 0.15) is 0 Å². The van der Waals surface area contributed by atoms with E-state index in [1.165, 1.54) is 0 Å². The third kappa shape index (κ3) is 4.17. The van der Waals surface area contributed by atoms with Gasteiger partial charge in [0.05, 0.1) is 0 Å². The van der Waals surface area contributed by atoms with Gasteiger partial charge in [0.1, 0.15) is 5.52 Å². The maximum absolute atomic E-state index is 6.63. The van der Waals surface area contributed by atoms with E-state index in [0.717, 1.165) is 65.7 Å². The molecule has 0 radical (unpaired) electrons. The van der Waals surface area contributed by atoms with Crippen molar-refractivity contribution in [2.45, 2.75) is 0 Å². The lowest BCUT2D eigenvalue weighted by molar-refractivity contribution is 0.623. The first-order valence-corrected chi connectivity index (χ1v) is 14.9. The topological polar surface area (TPSA) is 64.7 Å². The first kappa shape index (κ1) is 25.3. The highest BCUT2D eigenvalue weighted by Gasteiger charge is 2.20. The van der Waals surface area contributed by atoms with Crippen LogP contribution in [-0.4, -0.2) is 19.9 Å². The summed E-state index contributed by atoms with van der Waals surface area (Å²) in [6.45, 7) is 0. The average molecular weight is 577 g/mol. The van der Waals surface area contributed by atoms with Gasteiger partial charge in [0.15, 0.2) is 23.1 Å². The summed E-state index contributed by atoms with van der Waals surface area (Å²) < 4.78 is 6.63. The van der Waals surface area contributed by atoms with Crippen molar-refractivity contribution in [2.24, 2.45) is 0 Å². The van der Waals surface area contributed by atoms with Crippen LogP contribution in [0.2, 0.25) is 0 Å². The molecule has 0 saturated carbocycles. The van der Waals surface area contributed by atoms with E-state index in [-0.39, 0.29) is 0 Å². The van der Waals surface area contributed by atoms with Gasteiger partial charge in [0.25, 0.3) is 0 Å². The quantitative estimate of drug-likeness (QED) is 0.195. The normalized spacial score (nSPS) is 11.6. The summed E-state index contributed by atoms with van der Waals surface area (Å²) in [5, 5.41) is 6.43. The lowest BCUT2D eigenvalue weighted by Gasteiger charge is -2.12. The van der Waals surface area contributed by atoms with E-state index in [0.29, 0.717) is 23.4 Å². The summed E-state index contributed by atoms with van der Waals surface area (Å²) in [5.41, 5.74) is 5.37. The summed E-state index contributed by atoms with van der Waals surface area (Å²) >= 11 is 0. The highest BCUT2D eigenvalue weighted by molar-refractivity contribution is 6.30. The monoisotopic (exact) mass is 576 g/mol. The number of rotatable bonds is 4. The van der Waals surface area contributed by atoms with Gasteiger partial charge in [-0.3, -0.25) is 0 Å². The number of nitrogens with zero attached hydrogens (tertiary/aromatic N) is 4. The molecule has 0 fully saturated rings. The maximum Gasteiger partial charge on any atom is 0.227 e. The van der Waals surface area contributed by atoms with E-state index < -0.39 is 0 Å². The molecule has 0 aliphatic carbocycles. The fourth-order valence-corrected chi connectivity index (χ4v) is 6.25. The Morgan fingerprint density at radius 3 is 1.53 bits per heavy atom. The predicted molar refractivity (Wildman–Crippen MR) is 182 cm³/mol. The van der Waals surface area contributed by atoms with Crippen LogP contribution in [0.3, 0.4) is 0 Å². The molecule has 0 saturated heterocycles. The number of benzene rings is 7. The third-order valence-electron chi connectivity index (χ3n) is 8.35. The maximum atomic E-state index is 6.63. The van der Waals surface area contributed by atoms with Crippen molar-refractivity contribution in [3.63, 3.8) is 0 Å². The molecule has 2 aromatic heterocycles. The highest BCUT2D eigenvalue weighted by atomic mass is 16.3. The van der Waals surface area contributed by atoms with Crippen LogP contribution in [-0.2, 0) is 0 Å². The predicted octanol–water partition coefficient (Wildman–Crippen LogP) is 10.1. The Hall–Kier alpha value is -6.20. The number of hydrogen-bond donors (Lipinski definition) is 0. The molecule has 0 spiro atoms. The van der Waals surface area contributed by atoms with E-state index >= 15 is 0 Å². The second-order valence-corrected chi connectivity index (χ2v) is 11.0. The summed E-state index contributed by atoms with van der Waals surface area (Å²) in [5.74, 6) is 2.49. The molecule has 5 nitrogen and oxygen atoms in total. The number of aromatic nitrogens is 4. The van der Waals surface area contributed by atoms with Gasteiger partial charge < -0.3 is 4.42 Å². The molecule has 0 aliphatic heterocycles. The van der Waals surface area contributed by atoms with Gasteiger partial charge in [-0.25, -0.2) is 19.9 Å². The van der Waals surface area contributed by atoms with Crippen LogP contribution >= 0.6 is 0 Å². The second-order valence-electron chi connectivity index (χ2n) is 11.0. The average Bonchev–Trinajstić information content (AvgIpc) is 3.58. The molecule has 0 unspecified atom stereocenters. The Morgan fingerprint density at radius 1 is 0.356 bits per heavy atom. The molecule has 0 bridgehead atoms. The zero-order valence-corrected chi connectivity index (χ0v) is 24.1. The molecule has 2 heterocycles. The molecule has 7 aromatic carbocycles. The van der Waals surface area contributed by atoms with Crippen molar-refractivity contribution in [1.29, 1.82) is 0 Å². The summed E-state index contributed by atoms with van der Waals surface area (Å²) in [7, 11) is 0. The van der Waals surface area contributed by atoms with Crippen LogP contribution in [0.15, 0.2) is 150 Å². The summed E-state index contributed by atoms with van der Waals surface area (Å²) in [4.78, 5) is 20.0. The van der Waals surface area contributed by atoms with Gasteiger partial charge in [-0.1, -0.05) is 133 Å². The summed E-state index contributed by atoms with van der Waals surface area (Å²) in [6.07, 6.45) is 0. The largest absolute Gasteiger partial charge is 0.435 e. The molecule has 5 heteroatoms. The van der Waals surface area contributed by atoms with Crippen molar-refractivity contribution in [2.75, 3.05) is 0 Å². The third-order valence-corrected chi connectivity index (χ3v) is 8.35. The Labute approximate surface area is 258 Å². The molecule has 9 rings (SSSR count). The first-order chi connectivity index (χ1) is 22.3. The van der Waals surface area contributed by atoms with Gasteiger partial charge in [-0.15, -0.1) is 0 Å². The minimum Gasteiger partial charge on any atom is -0.435 e. The number of hydrogen-bond acceptors (Lipinski definition) is 5. The van der Waals surface area contributed by atoms with Gasteiger partial charge in [0.2, 0.25) is 5.89 Å². The van der Waals surface area contributed by atoms with Crippen LogP contribution in [0.25, 0.3) is 89.0 Å². The van der Waals surface area contributed by atoms with Crippen LogP contribution in [0, 0.1) is 0 Å². The Morgan fingerprint density at radius 2 is 0.867 bits per heavy atom. The molecule has 0 aliphatic rings. The molecule has 0 atom stereocenters. The Kier molecular flexibility index (Phi) is 5.74. The second kappa shape index (κ2) is 10.2. The first-order valence-electron chi connectivity index (χ1n) is 14.9. The van der Waals surface area contributed by atoms with Crippen LogP contribution < -0.4 is 0 Å². The lowest BCUT2D eigenvalue weighted by atomic mass is 9.94. The van der Waals surface area contributed by atoms with E-state index in [4.69, 9.17) is 24.4 Å². The molecule has 210 valence electrons. The Balaban J connectivity index is 1.35. The van der Waals surface area contributed by atoms with Crippen molar-refractivity contribution in [3.8, 4) is 45.6 Å².